The number of hydrogen-bond donors (Lipinski definition) is 0. The van der Waals surface area contributed by atoms with Crippen LogP contribution in [0.5, 0.6) is 0 Å². The summed E-state index contributed by atoms with van der Waals surface area (Å²) in [5.74, 6) is 0. The van der Waals surface area contributed by atoms with Crippen molar-refractivity contribution in [3.63, 3.8) is 0 Å². The van der Waals surface area contributed by atoms with Crippen LogP contribution in [0.25, 0.3) is 44.2 Å². The maximum Gasteiger partial charge on any atom is 0.143 e. The predicted octanol–water partition coefficient (Wildman–Crippen LogP) is 9.76. The van der Waals surface area contributed by atoms with Gasteiger partial charge in [-0.2, -0.15) is 0 Å². The van der Waals surface area contributed by atoms with E-state index in [2.05, 4.69) is 100 Å². The number of hydrogen-bond acceptors (Lipinski definition) is 1. The van der Waals surface area contributed by atoms with Crippen molar-refractivity contribution >= 4 is 21.9 Å². The summed E-state index contributed by atoms with van der Waals surface area (Å²) in [5.41, 5.74) is 13.7. The molecule has 0 unspecified atom stereocenters. The molecule has 35 heavy (non-hydrogen) atoms. The molecule has 1 aromatic heterocycles. The molecule has 2 aliphatic rings. The average molecular weight is 457 g/mol. The van der Waals surface area contributed by atoms with E-state index in [4.69, 9.17) is 4.42 Å². The first-order valence-corrected chi connectivity index (χ1v) is 13.4. The van der Waals surface area contributed by atoms with Crippen molar-refractivity contribution in [2.45, 2.75) is 64.2 Å². The molecule has 7 rings (SSSR count). The monoisotopic (exact) mass is 456 g/mol. The van der Waals surface area contributed by atoms with Gasteiger partial charge in [0.25, 0.3) is 0 Å². The number of fused-ring (bicyclic) bond motifs is 12. The van der Waals surface area contributed by atoms with Gasteiger partial charge in [-0.05, 0) is 70.7 Å². The lowest BCUT2D eigenvalue weighted by Crippen LogP contribution is -2.26. The van der Waals surface area contributed by atoms with Crippen molar-refractivity contribution in [2.75, 3.05) is 0 Å². The van der Waals surface area contributed by atoms with Gasteiger partial charge in [-0.25, -0.2) is 0 Å². The standard InChI is InChI=1S/C34H32O/c1-5-33(6-2)24-18-12-9-15-21(24)27-30-28(22-16-10-13-19-25(22)34(30,7-3)8-4)32-29(31(27)33)23-17-11-14-20-26(23)35-32/h9-20H,5-8H2,1-4H3. The fourth-order valence-corrected chi connectivity index (χ4v) is 7.92. The van der Waals surface area contributed by atoms with Gasteiger partial charge in [-0.3, -0.25) is 0 Å². The van der Waals surface area contributed by atoms with Crippen LogP contribution >= 0.6 is 0 Å². The third kappa shape index (κ3) is 2.26. The van der Waals surface area contributed by atoms with Gasteiger partial charge in [0.15, 0.2) is 0 Å². The van der Waals surface area contributed by atoms with E-state index in [9.17, 15) is 0 Å². The van der Waals surface area contributed by atoms with Crippen LogP contribution in [-0.2, 0) is 10.8 Å². The van der Waals surface area contributed by atoms with Crippen LogP contribution in [0.2, 0.25) is 0 Å². The molecule has 0 radical (unpaired) electrons. The third-order valence-electron chi connectivity index (χ3n) is 9.62. The zero-order valence-corrected chi connectivity index (χ0v) is 21.2. The van der Waals surface area contributed by atoms with Gasteiger partial charge in [0.1, 0.15) is 11.2 Å². The second kappa shape index (κ2) is 7.10. The highest BCUT2D eigenvalue weighted by molar-refractivity contribution is 6.18. The summed E-state index contributed by atoms with van der Waals surface area (Å²) in [6, 6.07) is 27.0. The molecule has 0 amide bonds. The molecule has 4 aromatic carbocycles. The van der Waals surface area contributed by atoms with E-state index in [-0.39, 0.29) is 10.8 Å². The van der Waals surface area contributed by atoms with Crippen LogP contribution in [-0.4, -0.2) is 0 Å². The lowest BCUT2D eigenvalue weighted by molar-refractivity contribution is 0.483. The Kier molecular flexibility index (Phi) is 4.26. The summed E-state index contributed by atoms with van der Waals surface area (Å²) in [5, 5.41) is 2.59. The van der Waals surface area contributed by atoms with Gasteiger partial charge in [0.05, 0.1) is 0 Å². The van der Waals surface area contributed by atoms with E-state index in [0.717, 1.165) is 36.8 Å². The quantitative estimate of drug-likeness (QED) is 0.262. The second-order valence-electron chi connectivity index (χ2n) is 10.5. The van der Waals surface area contributed by atoms with Gasteiger partial charge in [0, 0.05) is 27.2 Å². The lowest BCUT2D eigenvalue weighted by Gasteiger charge is -2.33. The van der Waals surface area contributed by atoms with Crippen LogP contribution in [0.3, 0.4) is 0 Å². The molecule has 0 atom stereocenters. The molecule has 2 aliphatic carbocycles. The molecule has 0 fully saturated rings. The molecular weight excluding hydrogens is 424 g/mol. The minimum atomic E-state index is -0.00610. The van der Waals surface area contributed by atoms with Crippen molar-refractivity contribution in [3.8, 4) is 22.3 Å². The van der Waals surface area contributed by atoms with Gasteiger partial charge in [-0.15, -0.1) is 0 Å². The van der Waals surface area contributed by atoms with Crippen molar-refractivity contribution in [2.24, 2.45) is 0 Å². The summed E-state index contributed by atoms with van der Waals surface area (Å²) < 4.78 is 6.84. The summed E-state index contributed by atoms with van der Waals surface area (Å²) in [6.45, 7) is 9.49. The molecule has 1 nitrogen and oxygen atoms in total. The molecule has 1 heterocycles. The first kappa shape index (κ1) is 21.0. The molecular formula is C34H32O. The van der Waals surface area contributed by atoms with Gasteiger partial charge < -0.3 is 4.42 Å². The number of para-hydroxylation sites is 1. The minimum absolute atomic E-state index is 0.00610. The Morgan fingerprint density at radius 2 is 1.09 bits per heavy atom. The minimum Gasteiger partial charge on any atom is -0.455 e. The number of rotatable bonds is 4. The Morgan fingerprint density at radius 3 is 1.71 bits per heavy atom. The zero-order valence-electron chi connectivity index (χ0n) is 21.2. The van der Waals surface area contributed by atoms with Crippen molar-refractivity contribution in [3.05, 3.63) is 95.1 Å². The van der Waals surface area contributed by atoms with Crippen molar-refractivity contribution in [1.82, 2.24) is 0 Å². The number of furan rings is 1. The van der Waals surface area contributed by atoms with Crippen molar-refractivity contribution < 1.29 is 4.42 Å². The summed E-state index contributed by atoms with van der Waals surface area (Å²) in [7, 11) is 0. The number of benzene rings is 4. The van der Waals surface area contributed by atoms with E-state index in [1.54, 1.807) is 0 Å². The maximum atomic E-state index is 6.84. The van der Waals surface area contributed by atoms with Crippen LogP contribution in [0.15, 0.2) is 77.2 Å². The largest absolute Gasteiger partial charge is 0.455 e. The van der Waals surface area contributed by atoms with Gasteiger partial charge >= 0.3 is 0 Å². The molecule has 0 bridgehead atoms. The topological polar surface area (TPSA) is 13.1 Å². The maximum absolute atomic E-state index is 6.84. The second-order valence-corrected chi connectivity index (χ2v) is 10.5. The Hall–Kier alpha value is -3.32. The molecule has 0 saturated carbocycles. The first-order valence-electron chi connectivity index (χ1n) is 13.4. The SMILES string of the molecule is CCC1(CC)c2ccccc2-c2c1c1c(c3c2oc2ccccc23)C(CC)(CC)c2ccccc2-1. The molecule has 174 valence electrons. The van der Waals surface area contributed by atoms with E-state index < -0.39 is 0 Å². The van der Waals surface area contributed by atoms with Crippen LogP contribution in [0, 0.1) is 0 Å². The Labute approximate surface area is 207 Å². The van der Waals surface area contributed by atoms with Gasteiger partial charge in [0.2, 0.25) is 0 Å². The van der Waals surface area contributed by atoms with Gasteiger partial charge in [-0.1, -0.05) is 94.4 Å². The molecule has 0 N–H and O–H groups in total. The highest BCUT2D eigenvalue weighted by atomic mass is 16.3. The normalized spacial score (nSPS) is 16.3. The first-order chi connectivity index (χ1) is 17.2. The Balaban J connectivity index is 1.83. The molecule has 1 heteroatoms. The molecule has 0 saturated heterocycles. The third-order valence-corrected chi connectivity index (χ3v) is 9.62. The fourth-order valence-electron chi connectivity index (χ4n) is 7.92. The summed E-state index contributed by atoms with van der Waals surface area (Å²) in [4.78, 5) is 0. The zero-order chi connectivity index (χ0) is 23.9. The average Bonchev–Trinajstić information content (AvgIpc) is 3.53. The fraction of sp³-hybridized carbons (Fsp3) is 0.294. The van der Waals surface area contributed by atoms with Crippen molar-refractivity contribution in [1.29, 1.82) is 0 Å². The summed E-state index contributed by atoms with van der Waals surface area (Å²) in [6.07, 6.45) is 4.33. The van der Waals surface area contributed by atoms with E-state index in [1.165, 1.54) is 55.3 Å². The Morgan fingerprint density at radius 1 is 0.571 bits per heavy atom. The summed E-state index contributed by atoms with van der Waals surface area (Å²) >= 11 is 0. The van der Waals surface area contributed by atoms with Crippen LogP contribution in [0.4, 0.5) is 0 Å². The predicted molar refractivity (Wildman–Crippen MR) is 147 cm³/mol. The molecule has 5 aromatic rings. The highest BCUT2D eigenvalue weighted by Crippen LogP contribution is 2.65. The van der Waals surface area contributed by atoms with Crippen LogP contribution in [0.1, 0.15) is 75.6 Å². The van der Waals surface area contributed by atoms with E-state index in [0.29, 0.717) is 0 Å². The Bertz CT molecular complexity index is 1640. The highest BCUT2D eigenvalue weighted by Gasteiger charge is 2.51. The molecule has 0 spiro atoms. The smallest absolute Gasteiger partial charge is 0.143 e. The van der Waals surface area contributed by atoms with E-state index in [1.807, 2.05) is 0 Å². The van der Waals surface area contributed by atoms with Crippen LogP contribution < -0.4 is 0 Å². The lowest BCUT2D eigenvalue weighted by atomic mass is 9.69. The van der Waals surface area contributed by atoms with E-state index >= 15 is 0 Å². The molecule has 0 aliphatic heterocycles.